The van der Waals surface area contributed by atoms with Crippen LogP contribution in [0.2, 0.25) is 0 Å². The molecule has 26 heavy (non-hydrogen) atoms. The molecule has 0 aliphatic rings. The van der Waals surface area contributed by atoms with Gasteiger partial charge in [0.2, 0.25) is 5.91 Å². The van der Waals surface area contributed by atoms with Gasteiger partial charge in [0.05, 0.1) is 19.0 Å². The summed E-state index contributed by atoms with van der Waals surface area (Å²) in [4.78, 5) is 14.1. The number of carbonyl (C=O) groups is 1. The van der Waals surface area contributed by atoms with Crippen LogP contribution >= 0.6 is 0 Å². The molecule has 0 fully saturated rings. The van der Waals surface area contributed by atoms with Crippen molar-refractivity contribution in [2.24, 2.45) is 0 Å². The molecular weight excluding hydrogens is 326 g/mol. The van der Waals surface area contributed by atoms with Crippen molar-refractivity contribution in [3.8, 4) is 11.4 Å². The van der Waals surface area contributed by atoms with E-state index < -0.39 is 0 Å². The zero-order valence-corrected chi connectivity index (χ0v) is 15.1. The number of amides is 1. The highest BCUT2D eigenvalue weighted by Crippen LogP contribution is 2.14. The zero-order chi connectivity index (χ0) is 18.4. The number of nitrogens with zero attached hydrogens (tertiary/aromatic N) is 3. The molecule has 3 aromatic rings. The largest absolute Gasteiger partial charge is 0.497 e. The Hall–Kier alpha value is -3.08. The number of hydrogen-bond acceptors (Lipinski definition) is 3. The fraction of sp³-hybridized carbons (Fsp3) is 0.238. The highest BCUT2D eigenvalue weighted by atomic mass is 16.5. The van der Waals surface area contributed by atoms with Crippen molar-refractivity contribution in [2.45, 2.75) is 19.4 Å². The van der Waals surface area contributed by atoms with Gasteiger partial charge in [-0.25, -0.2) is 4.68 Å². The maximum atomic E-state index is 12.4. The first-order valence-electron chi connectivity index (χ1n) is 8.61. The smallest absolute Gasteiger partial charge is 0.222 e. The second kappa shape index (κ2) is 8.34. The molecule has 5 heteroatoms. The molecule has 1 aromatic heterocycles. The van der Waals surface area contributed by atoms with E-state index >= 15 is 0 Å². The van der Waals surface area contributed by atoms with Gasteiger partial charge < -0.3 is 9.64 Å². The van der Waals surface area contributed by atoms with Gasteiger partial charge >= 0.3 is 0 Å². The van der Waals surface area contributed by atoms with Gasteiger partial charge in [0.25, 0.3) is 0 Å². The van der Waals surface area contributed by atoms with E-state index in [1.165, 1.54) is 0 Å². The number of aromatic nitrogens is 2. The monoisotopic (exact) mass is 349 g/mol. The first-order valence-corrected chi connectivity index (χ1v) is 8.61. The average Bonchev–Trinajstić information content (AvgIpc) is 3.16. The molecule has 0 saturated carbocycles. The Labute approximate surface area is 153 Å². The minimum atomic E-state index is 0.119. The van der Waals surface area contributed by atoms with Crippen molar-refractivity contribution in [3.05, 3.63) is 78.1 Å². The summed E-state index contributed by atoms with van der Waals surface area (Å²) in [6.45, 7) is 0.589. The maximum Gasteiger partial charge on any atom is 0.222 e. The molecule has 2 aromatic carbocycles. The van der Waals surface area contributed by atoms with E-state index in [1.54, 1.807) is 12.0 Å². The Morgan fingerprint density at radius 2 is 1.81 bits per heavy atom. The third-order valence-electron chi connectivity index (χ3n) is 4.29. The summed E-state index contributed by atoms with van der Waals surface area (Å²) < 4.78 is 6.99. The van der Waals surface area contributed by atoms with Crippen LogP contribution in [0.15, 0.2) is 67.0 Å². The molecule has 1 heterocycles. The second-order valence-electron chi connectivity index (χ2n) is 6.23. The van der Waals surface area contributed by atoms with Gasteiger partial charge in [0.1, 0.15) is 5.75 Å². The molecule has 134 valence electrons. The SMILES string of the molecule is COc1ccc(CN(C)C(=O)CCc2cnn(-c3ccccc3)c2)cc1. The number of benzene rings is 2. The van der Waals surface area contributed by atoms with Crippen molar-refractivity contribution in [1.82, 2.24) is 14.7 Å². The minimum absolute atomic E-state index is 0.119. The molecule has 5 nitrogen and oxygen atoms in total. The Morgan fingerprint density at radius 3 is 2.50 bits per heavy atom. The molecule has 0 aliphatic carbocycles. The van der Waals surface area contributed by atoms with E-state index in [2.05, 4.69) is 5.10 Å². The fourth-order valence-corrected chi connectivity index (χ4v) is 2.75. The fourth-order valence-electron chi connectivity index (χ4n) is 2.75. The van der Waals surface area contributed by atoms with E-state index in [4.69, 9.17) is 4.74 Å². The van der Waals surface area contributed by atoms with Crippen LogP contribution in [0.5, 0.6) is 5.75 Å². The number of methoxy groups -OCH3 is 1. The minimum Gasteiger partial charge on any atom is -0.497 e. The van der Waals surface area contributed by atoms with Crippen molar-refractivity contribution >= 4 is 5.91 Å². The van der Waals surface area contributed by atoms with E-state index in [0.717, 1.165) is 22.6 Å². The standard InChI is InChI=1S/C21H23N3O2/c1-23(15-17-8-11-20(26-2)12-9-17)21(25)13-10-18-14-22-24(16-18)19-6-4-3-5-7-19/h3-9,11-12,14,16H,10,13,15H2,1-2H3. The van der Waals surface area contributed by atoms with Crippen LogP contribution in [0.3, 0.4) is 0 Å². The molecule has 0 spiro atoms. The van der Waals surface area contributed by atoms with Gasteiger partial charge in [-0.1, -0.05) is 30.3 Å². The van der Waals surface area contributed by atoms with Gasteiger partial charge in [-0.2, -0.15) is 5.10 Å². The van der Waals surface area contributed by atoms with Crippen molar-refractivity contribution < 1.29 is 9.53 Å². The van der Waals surface area contributed by atoms with Crippen molar-refractivity contribution in [1.29, 1.82) is 0 Å². The van der Waals surface area contributed by atoms with Gasteiger partial charge in [-0.15, -0.1) is 0 Å². The highest BCUT2D eigenvalue weighted by molar-refractivity contribution is 5.76. The van der Waals surface area contributed by atoms with Crippen LogP contribution in [-0.2, 0) is 17.8 Å². The van der Waals surface area contributed by atoms with Crippen LogP contribution < -0.4 is 4.74 Å². The number of hydrogen-bond donors (Lipinski definition) is 0. The predicted octanol–water partition coefficient (Wildman–Crippen LogP) is 3.47. The lowest BCUT2D eigenvalue weighted by Crippen LogP contribution is -2.26. The first-order chi connectivity index (χ1) is 12.7. The Kier molecular flexibility index (Phi) is 5.69. The van der Waals surface area contributed by atoms with Crippen LogP contribution in [0.1, 0.15) is 17.5 Å². The molecule has 3 rings (SSSR count). The van der Waals surface area contributed by atoms with E-state index in [9.17, 15) is 4.79 Å². The Morgan fingerprint density at radius 1 is 1.08 bits per heavy atom. The number of rotatable bonds is 7. The molecule has 0 aliphatic heterocycles. The molecule has 0 N–H and O–H groups in total. The lowest BCUT2D eigenvalue weighted by atomic mass is 10.1. The molecule has 0 atom stereocenters. The van der Waals surface area contributed by atoms with Crippen LogP contribution in [0.4, 0.5) is 0 Å². The summed E-state index contributed by atoms with van der Waals surface area (Å²) in [5, 5.41) is 4.37. The predicted molar refractivity (Wildman–Crippen MR) is 101 cm³/mol. The van der Waals surface area contributed by atoms with Crippen molar-refractivity contribution in [2.75, 3.05) is 14.2 Å². The molecule has 0 bridgehead atoms. The van der Waals surface area contributed by atoms with Gasteiger partial charge in [-0.3, -0.25) is 4.79 Å². The summed E-state index contributed by atoms with van der Waals surface area (Å²) in [6.07, 6.45) is 4.95. The maximum absolute atomic E-state index is 12.4. The lowest BCUT2D eigenvalue weighted by Gasteiger charge is -2.17. The van der Waals surface area contributed by atoms with Crippen LogP contribution in [0, 0.1) is 0 Å². The summed E-state index contributed by atoms with van der Waals surface area (Å²) in [5.41, 5.74) is 3.15. The topological polar surface area (TPSA) is 47.4 Å². The number of ether oxygens (including phenoxy) is 1. The Balaban J connectivity index is 1.52. The van der Waals surface area contributed by atoms with Gasteiger partial charge in [0.15, 0.2) is 0 Å². The summed E-state index contributed by atoms with van der Waals surface area (Å²) in [7, 11) is 3.48. The van der Waals surface area contributed by atoms with Crippen LogP contribution in [0.25, 0.3) is 5.69 Å². The van der Waals surface area contributed by atoms with E-state index in [1.807, 2.05) is 78.7 Å². The van der Waals surface area contributed by atoms with Gasteiger partial charge in [-0.05, 0) is 41.8 Å². The van der Waals surface area contributed by atoms with E-state index in [-0.39, 0.29) is 5.91 Å². The molecule has 0 radical (unpaired) electrons. The first kappa shape index (κ1) is 17.7. The third-order valence-corrected chi connectivity index (χ3v) is 4.29. The lowest BCUT2D eigenvalue weighted by molar-refractivity contribution is -0.130. The Bertz CT molecular complexity index is 841. The van der Waals surface area contributed by atoms with E-state index in [0.29, 0.717) is 19.4 Å². The summed E-state index contributed by atoms with van der Waals surface area (Å²) in [5.74, 6) is 0.937. The second-order valence-corrected chi connectivity index (χ2v) is 6.23. The number of carbonyl (C=O) groups excluding carboxylic acids is 1. The molecular formula is C21H23N3O2. The molecule has 1 amide bonds. The normalized spacial score (nSPS) is 10.5. The third kappa shape index (κ3) is 4.51. The average molecular weight is 349 g/mol. The number of para-hydroxylation sites is 1. The molecule has 0 unspecified atom stereocenters. The van der Waals surface area contributed by atoms with Gasteiger partial charge in [0, 0.05) is 26.2 Å². The summed E-state index contributed by atoms with van der Waals surface area (Å²) in [6, 6.07) is 17.7. The number of aryl methyl sites for hydroxylation is 1. The van der Waals surface area contributed by atoms with Crippen LogP contribution in [-0.4, -0.2) is 34.7 Å². The summed E-state index contributed by atoms with van der Waals surface area (Å²) >= 11 is 0. The van der Waals surface area contributed by atoms with Crippen molar-refractivity contribution in [3.63, 3.8) is 0 Å². The zero-order valence-electron chi connectivity index (χ0n) is 15.1. The molecule has 0 saturated heterocycles. The highest BCUT2D eigenvalue weighted by Gasteiger charge is 2.11. The quantitative estimate of drug-likeness (QED) is 0.656.